The van der Waals surface area contributed by atoms with Crippen molar-refractivity contribution in [2.24, 2.45) is 11.8 Å². The van der Waals surface area contributed by atoms with Gasteiger partial charge in [0.1, 0.15) is 19.0 Å². The molecule has 8 nitrogen and oxygen atoms in total. The number of likely N-dealkylation sites (tertiary alicyclic amines) is 1. The van der Waals surface area contributed by atoms with Gasteiger partial charge in [0.15, 0.2) is 11.5 Å². The number of amides is 1. The molecule has 29 heavy (non-hydrogen) atoms. The van der Waals surface area contributed by atoms with E-state index in [4.69, 9.17) is 9.47 Å². The second-order valence-electron chi connectivity index (χ2n) is 7.97. The number of ether oxygens (including phenoxy) is 2. The number of anilines is 1. The third kappa shape index (κ3) is 3.60. The second kappa shape index (κ2) is 7.51. The Kier molecular flexibility index (Phi) is 4.71. The van der Waals surface area contributed by atoms with Gasteiger partial charge in [-0.05, 0) is 42.9 Å². The van der Waals surface area contributed by atoms with Crippen molar-refractivity contribution in [3.8, 4) is 11.5 Å². The van der Waals surface area contributed by atoms with E-state index in [0.29, 0.717) is 67.4 Å². The van der Waals surface area contributed by atoms with E-state index in [0.717, 1.165) is 6.42 Å². The molecule has 152 valence electrons. The number of nitrogens with one attached hydrogen (secondary N) is 1. The van der Waals surface area contributed by atoms with Crippen molar-refractivity contribution in [2.45, 2.75) is 25.0 Å². The van der Waals surface area contributed by atoms with E-state index in [2.05, 4.69) is 15.3 Å². The molecule has 0 spiro atoms. The standard InChI is InChI=1S/C21H24N4O4/c26-17-8-15-12-25(11-14(15)7-16(17)24-20-10-22-3-4-23-20)21(27)13-1-2-18-19(9-13)29-6-5-28-18/h1-4,9-10,14-17,26H,5-8,11-12H2,(H,23,24)/t14-,15+,16-,17-/m1/s1. The summed E-state index contributed by atoms with van der Waals surface area (Å²) in [7, 11) is 0. The average molecular weight is 396 g/mol. The van der Waals surface area contributed by atoms with Crippen LogP contribution in [0.4, 0.5) is 5.82 Å². The van der Waals surface area contributed by atoms with Crippen LogP contribution < -0.4 is 14.8 Å². The number of nitrogens with zero attached hydrogens (tertiary/aromatic N) is 3. The molecule has 8 heteroatoms. The van der Waals surface area contributed by atoms with Crippen molar-refractivity contribution < 1.29 is 19.4 Å². The first-order chi connectivity index (χ1) is 14.2. The molecule has 3 heterocycles. The van der Waals surface area contributed by atoms with Crippen molar-refractivity contribution in [3.05, 3.63) is 42.4 Å². The lowest BCUT2D eigenvalue weighted by atomic mass is 9.77. The molecule has 5 rings (SSSR count). The van der Waals surface area contributed by atoms with Crippen LogP contribution in [-0.2, 0) is 0 Å². The minimum atomic E-state index is -0.470. The van der Waals surface area contributed by atoms with Gasteiger partial charge < -0.3 is 24.8 Å². The van der Waals surface area contributed by atoms with Gasteiger partial charge >= 0.3 is 0 Å². The Hall–Kier alpha value is -2.87. The summed E-state index contributed by atoms with van der Waals surface area (Å²) in [6.45, 7) is 2.40. The molecule has 1 aromatic carbocycles. The van der Waals surface area contributed by atoms with Crippen molar-refractivity contribution >= 4 is 11.7 Å². The van der Waals surface area contributed by atoms with E-state index in [-0.39, 0.29) is 11.9 Å². The summed E-state index contributed by atoms with van der Waals surface area (Å²) < 4.78 is 11.1. The van der Waals surface area contributed by atoms with Gasteiger partial charge in [-0.25, -0.2) is 4.98 Å². The zero-order valence-electron chi connectivity index (χ0n) is 16.0. The SMILES string of the molecule is O=C(c1ccc2c(c1)OCCO2)N1C[C@H]2C[C@@H](Nc3cnccn3)[C@H](O)C[C@H]2C1. The maximum Gasteiger partial charge on any atom is 0.254 e. The quantitative estimate of drug-likeness (QED) is 0.813. The summed E-state index contributed by atoms with van der Waals surface area (Å²) in [5.41, 5.74) is 0.614. The Morgan fingerprint density at radius 2 is 1.90 bits per heavy atom. The number of aliphatic hydroxyl groups is 1. The third-order valence-corrected chi connectivity index (χ3v) is 6.11. The lowest BCUT2D eigenvalue weighted by Crippen LogP contribution is -2.43. The lowest BCUT2D eigenvalue weighted by molar-refractivity contribution is 0.0727. The maximum absolute atomic E-state index is 13.1. The van der Waals surface area contributed by atoms with Gasteiger partial charge in [0.2, 0.25) is 0 Å². The lowest BCUT2D eigenvalue weighted by Gasteiger charge is -2.35. The third-order valence-electron chi connectivity index (χ3n) is 6.11. The number of rotatable bonds is 3. The molecule has 2 aromatic rings. The largest absolute Gasteiger partial charge is 0.486 e. The van der Waals surface area contributed by atoms with Crippen LogP contribution in [0.1, 0.15) is 23.2 Å². The fraction of sp³-hybridized carbons (Fsp3) is 0.476. The summed E-state index contributed by atoms with van der Waals surface area (Å²) in [6, 6.07) is 5.28. The zero-order valence-corrected chi connectivity index (χ0v) is 16.0. The van der Waals surface area contributed by atoms with Crippen LogP contribution in [0.3, 0.4) is 0 Å². The van der Waals surface area contributed by atoms with E-state index in [9.17, 15) is 9.90 Å². The number of benzene rings is 1. The highest BCUT2D eigenvalue weighted by atomic mass is 16.6. The van der Waals surface area contributed by atoms with E-state index in [1.54, 1.807) is 36.8 Å². The molecule has 0 bridgehead atoms. The highest BCUT2D eigenvalue weighted by molar-refractivity contribution is 5.95. The van der Waals surface area contributed by atoms with E-state index < -0.39 is 6.10 Å². The summed E-state index contributed by atoms with van der Waals surface area (Å²) in [4.78, 5) is 23.3. The van der Waals surface area contributed by atoms with E-state index in [1.807, 2.05) is 4.90 Å². The number of carbonyl (C=O) groups is 1. The highest BCUT2D eigenvalue weighted by Crippen LogP contribution is 2.38. The molecule has 1 saturated carbocycles. The minimum absolute atomic E-state index is 0.00398. The number of aliphatic hydroxyl groups excluding tert-OH is 1. The first-order valence-electron chi connectivity index (χ1n) is 10.1. The van der Waals surface area contributed by atoms with E-state index in [1.165, 1.54) is 0 Å². The number of fused-ring (bicyclic) bond motifs is 2. The van der Waals surface area contributed by atoms with Crippen molar-refractivity contribution in [1.82, 2.24) is 14.9 Å². The zero-order chi connectivity index (χ0) is 19.8. The predicted molar refractivity (Wildman–Crippen MR) is 105 cm³/mol. The van der Waals surface area contributed by atoms with Crippen LogP contribution in [-0.4, -0.2) is 64.3 Å². The second-order valence-corrected chi connectivity index (χ2v) is 7.97. The van der Waals surface area contributed by atoms with Gasteiger partial charge in [-0.2, -0.15) is 0 Å². The normalized spacial score (nSPS) is 28.0. The summed E-state index contributed by atoms with van der Waals surface area (Å²) in [5, 5.41) is 13.9. The van der Waals surface area contributed by atoms with Crippen LogP contribution >= 0.6 is 0 Å². The Balaban J connectivity index is 1.26. The van der Waals surface area contributed by atoms with Crippen LogP contribution in [0.25, 0.3) is 0 Å². The topological polar surface area (TPSA) is 96.8 Å². The van der Waals surface area contributed by atoms with Crippen LogP contribution in [0.5, 0.6) is 11.5 Å². The molecule has 0 radical (unpaired) electrons. The average Bonchev–Trinajstić information content (AvgIpc) is 3.16. The van der Waals surface area contributed by atoms with E-state index >= 15 is 0 Å². The molecule has 1 saturated heterocycles. The van der Waals surface area contributed by atoms with Crippen molar-refractivity contribution in [1.29, 1.82) is 0 Å². The van der Waals surface area contributed by atoms with Gasteiger partial charge in [0.05, 0.1) is 18.3 Å². The number of carbonyl (C=O) groups excluding carboxylic acids is 1. The van der Waals surface area contributed by atoms with Crippen LogP contribution in [0, 0.1) is 11.8 Å². The molecular weight excluding hydrogens is 372 g/mol. The summed E-state index contributed by atoms with van der Waals surface area (Å²) in [5.74, 6) is 2.65. The molecular formula is C21H24N4O4. The first-order valence-corrected chi connectivity index (χ1v) is 10.1. The van der Waals surface area contributed by atoms with Gasteiger partial charge in [-0.1, -0.05) is 0 Å². The minimum Gasteiger partial charge on any atom is -0.486 e. The smallest absolute Gasteiger partial charge is 0.254 e. The van der Waals surface area contributed by atoms with Gasteiger partial charge in [0.25, 0.3) is 5.91 Å². The van der Waals surface area contributed by atoms with Gasteiger partial charge in [0, 0.05) is 31.0 Å². The molecule has 1 aromatic heterocycles. The summed E-state index contributed by atoms with van der Waals surface area (Å²) in [6.07, 6.45) is 5.91. The fourth-order valence-corrected chi connectivity index (χ4v) is 4.67. The fourth-order valence-electron chi connectivity index (χ4n) is 4.67. The monoisotopic (exact) mass is 396 g/mol. The molecule has 2 aliphatic heterocycles. The molecule has 3 aliphatic rings. The Bertz CT molecular complexity index is 894. The molecule has 0 unspecified atom stereocenters. The molecule has 1 amide bonds. The maximum atomic E-state index is 13.1. The molecule has 1 aliphatic carbocycles. The number of aromatic nitrogens is 2. The van der Waals surface area contributed by atoms with Gasteiger partial charge in [-0.3, -0.25) is 9.78 Å². The van der Waals surface area contributed by atoms with Gasteiger partial charge in [-0.15, -0.1) is 0 Å². The summed E-state index contributed by atoms with van der Waals surface area (Å²) >= 11 is 0. The van der Waals surface area contributed by atoms with Crippen molar-refractivity contribution in [2.75, 3.05) is 31.6 Å². The first kappa shape index (κ1) is 18.2. The molecule has 4 atom stereocenters. The predicted octanol–water partition coefficient (Wildman–Crippen LogP) is 1.57. The van der Waals surface area contributed by atoms with Crippen LogP contribution in [0.15, 0.2) is 36.8 Å². The number of hydrogen-bond acceptors (Lipinski definition) is 7. The Morgan fingerprint density at radius 3 is 2.69 bits per heavy atom. The molecule has 2 fully saturated rings. The Morgan fingerprint density at radius 1 is 1.10 bits per heavy atom. The number of hydrogen-bond donors (Lipinski definition) is 2. The van der Waals surface area contributed by atoms with Crippen LogP contribution in [0.2, 0.25) is 0 Å². The highest BCUT2D eigenvalue weighted by Gasteiger charge is 2.43. The molecule has 2 N–H and O–H groups in total. The Labute approximate surface area is 168 Å². The van der Waals surface area contributed by atoms with Crippen molar-refractivity contribution in [3.63, 3.8) is 0 Å².